The molecule has 0 aliphatic heterocycles. The molecule has 1 aromatic carbocycles. The number of nitrogens with two attached hydrogens (primary N) is 1. The maximum absolute atomic E-state index is 6.33. The minimum Gasteiger partial charge on any atom is -0.337 e. The second-order valence-electron chi connectivity index (χ2n) is 4.94. The number of aromatic nitrogens is 2. The molecule has 0 spiro atoms. The van der Waals surface area contributed by atoms with Gasteiger partial charge >= 0.3 is 0 Å². The summed E-state index contributed by atoms with van der Waals surface area (Å²) in [4.78, 5) is 4.41. The van der Waals surface area contributed by atoms with Crippen molar-refractivity contribution in [2.24, 2.45) is 5.73 Å². The molecule has 1 aromatic heterocycles. The number of hydrogen-bond donors (Lipinski definition) is 1. The number of benzene rings is 1. The summed E-state index contributed by atoms with van der Waals surface area (Å²) < 4.78 is 5.32. The number of nitrogens with zero attached hydrogens (tertiary/aromatic N) is 2. The van der Waals surface area contributed by atoms with Gasteiger partial charge in [-0.05, 0) is 17.7 Å². The average molecular weight is 277 g/mol. The largest absolute Gasteiger partial charge is 0.337 e. The molecule has 0 radical (unpaired) electrons. The Kier molecular flexibility index (Phi) is 4.27. The molecule has 102 valence electrons. The molecule has 0 fully saturated rings. The van der Waals surface area contributed by atoms with E-state index in [-0.39, 0.29) is 0 Å². The van der Waals surface area contributed by atoms with Gasteiger partial charge in [0.15, 0.2) is 5.82 Å². The first-order valence-corrected chi connectivity index (χ1v) is 7.34. The van der Waals surface area contributed by atoms with Crippen LogP contribution in [-0.4, -0.2) is 15.4 Å². The minimum absolute atomic E-state index is 0.457. The fourth-order valence-corrected chi connectivity index (χ4v) is 2.27. The predicted octanol–water partition coefficient (Wildman–Crippen LogP) is 2.93. The zero-order valence-corrected chi connectivity index (χ0v) is 12.3. The molecule has 5 heteroatoms. The van der Waals surface area contributed by atoms with Crippen LogP contribution in [0, 0.1) is 0 Å². The molecule has 2 N–H and O–H groups in total. The summed E-state index contributed by atoms with van der Waals surface area (Å²) in [5.41, 5.74) is 6.53. The third-order valence-electron chi connectivity index (χ3n) is 2.83. The molecule has 0 aliphatic rings. The Labute approximate surface area is 117 Å². The minimum atomic E-state index is -0.755. The standard InChI is InChI=1S/C14H19N3OS/c1-10(2)19-9-12-16-13(18-17-12)14(3,15)11-7-5-4-6-8-11/h4-8,10H,9,15H2,1-3H3. The predicted molar refractivity (Wildman–Crippen MR) is 77.8 cm³/mol. The second-order valence-corrected chi connectivity index (χ2v) is 6.51. The van der Waals surface area contributed by atoms with Gasteiger partial charge in [0.25, 0.3) is 5.89 Å². The van der Waals surface area contributed by atoms with Gasteiger partial charge in [0.2, 0.25) is 0 Å². The van der Waals surface area contributed by atoms with Crippen LogP contribution in [0.2, 0.25) is 0 Å². The smallest absolute Gasteiger partial charge is 0.251 e. The van der Waals surface area contributed by atoms with Gasteiger partial charge in [-0.15, -0.1) is 0 Å². The van der Waals surface area contributed by atoms with E-state index in [1.54, 1.807) is 11.8 Å². The zero-order valence-electron chi connectivity index (χ0n) is 11.5. The highest BCUT2D eigenvalue weighted by atomic mass is 32.2. The van der Waals surface area contributed by atoms with Crippen molar-refractivity contribution in [3.05, 3.63) is 47.6 Å². The summed E-state index contributed by atoms with van der Waals surface area (Å²) in [5.74, 6) is 1.89. The quantitative estimate of drug-likeness (QED) is 0.910. The highest BCUT2D eigenvalue weighted by molar-refractivity contribution is 7.99. The molecule has 0 saturated heterocycles. The van der Waals surface area contributed by atoms with E-state index >= 15 is 0 Å². The molecule has 0 amide bonds. The maximum atomic E-state index is 6.33. The van der Waals surface area contributed by atoms with Crippen LogP contribution in [0.1, 0.15) is 38.0 Å². The fourth-order valence-electron chi connectivity index (χ4n) is 1.67. The molecule has 0 bridgehead atoms. The molecule has 1 unspecified atom stereocenters. The first-order valence-electron chi connectivity index (χ1n) is 6.29. The lowest BCUT2D eigenvalue weighted by molar-refractivity contribution is 0.323. The van der Waals surface area contributed by atoms with Gasteiger partial charge in [0.05, 0.1) is 5.75 Å². The first-order chi connectivity index (χ1) is 9.00. The van der Waals surface area contributed by atoms with Crippen molar-refractivity contribution in [2.75, 3.05) is 0 Å². The Bertz CT molecular complexity index is 522. The third-order valence-corrected chi connectivity index (χ3v) is 3.92. The summed E-state index contributed by atoms with van der Waals surface area (Å²) in [6.07, 6.45) is 0. The van der Waals surface area contributed by atoms with Crippen LogP contribution in [0.4, 0.5) is 0 Å². The summed E-state index contributed by atoms with van der Waals surface area (Å²) in [6.45, 7) is 6.17. The number of rotatable bonds is 5. The van der Waals surface area contributed by atoms with Crippen LogP contribution in [-0.2, 0) is 11.3 Å². The van der Waals surface area contributed by atoms with Crippen molar-refractivity contribution in [1.82, 2.24) is 10.1 Å². The van der Waals surface area contributed by atoms with E-state index in [4.69, 9.17) is 10.3 Å². The van der Waals surface area contributed by atoms with E-state index in [0.717, 1.165) is 11.3 Å². The first kappa shape index (κ1) is 14.1. The van der Waals surface area contributed by atoms with Gasteiger partial charge in [-0.1, -0.05) is 49.3 Å². The van der Waals surface area contributed by atoms with Crippen molar-refractivity contribution in [3.63, 3.8) is 0 Å². The van der Waals surface area contributed by atoms with Crippen LogP contribution in [0.3, 0.4) is 0 Å². The van der Waals surface area contributed by atoms with E-state index in [1.165, 1.54) is 0 Å². The highest BCUT2D eigenvalue weighted by Crippen LogP contribution is 2.25. The zero-order chi connectivity index (χ0) is 13.9. The summed E-state index contributed by atoms with van der Waals surface area (Å²) in [7, 11) is 0. The lowest BCUT2D eigenvalue weighted by Gasteiger charge is -2.20. The molecule has 19 heavy (non-hydrogen) atoms. The maximum Gasteiger partial charge on any atom is 0.251 e. The Morgan fingerprint density at radius 2 is 2.00 bits per heavy atom. The number of thioether (sulfide) groups is 1. The molecular weight excluding hydrogens is 258 g/mol. The second kappa shape index (κ2) is 5.75. The molecule has 0 aliphatic carbocycles. The van der Waals surface area contributed by atoms with Crippen molar-refractivity contribution in [1.29, 1.82) is 0 Å². The van der Waals surface area contributed by atoms with Gasteiger partial charge in [0.1, 0.15) is 5.54 Å². The van der Waals surface area contributed by atoms with E-state index in [1.807, 2.05) is 37.3 Å². The molecule has 1 heterocycles. The van der Waals surface area contributed by atoms with Crippen molar-refractivity contribution in [3.8, 4) is 0 Å². The summed E-state index contributed by atoms with van der Waals surface area (Å²) in [6, 6.07) is 9.79. The molecule has 0 saturated carbocycles. The Morgan fingerprint density at radius 1 is 1.32 bits per heavy atom. The Balaban J connectivity index is 2.17. The lowest BCUT2D eigenvalue weighted by atomic mass is 9.93. The Hall–Kier alpha value is -1.33. The van der Waals surface area contributed by atoms with E-state index in [9.17, 15) is 0 Å². The SMILES string of the molecule is CC(C)SCc1noc(C(C)(N)c2ccccc2)n1. The topological polar surface area (TPSA) is 64.9 Å². The molecule has 2 aromatic rings. The van der Waals surface area contributed by atoms with Gasteiger partial charge in [-0.2, -0.15) is 16.7 Å². The Morgan fingerprint density at radius 3 is 2.63 bits per heavy atom. The van der Waals surface area contributed by atoms with Gasteiger partial charge in [0, 0.05) is 0 Å². The van der Waals surface area contributed by atoms with E-state index < -0.39 is 5.54 Å². The monoisotopic (exact) mass is 277 g/mol. The van der Waals surface area contributed by atoms with Crippen LogP contribution in [0.15, 0.2) is 34.9 Å². The fraction of sp³-hybridized carbons (Fsp3) is 0.429. The van der Waals surface area contributed by atoms with Crippen molar-refractivity contribution >= 4 is 11.8 Å². The lowest BCUT2D eigenvalue weighted by Crippen LogP contribution is -2.34. The summed E-state index contributed by atoms with van der Waals surface area (Å²) >= 11 is 1.78. The van der Waals surface area contributed by atoms with Crippen molar-refractivity contribution in [2.45, 2.75) is 37.3 Å². The molecule has 2 rings (SSSR count). The molecule has 1 atom stereocenters. The van der Waals surface area contributed by atoms with E-state index in [2.05, 4.69) is 24.0 Å². The van der Waals surface area contributed by atoms with Crippen molar-refractivity contribution < 1.29 is 4.52 Å². The normalized spacial score (nSPS) is 14.6. The van der Waals surface area contributed by atoms with Gasteiger partial charge in [-0.25, -0.2) is 0 Å². The van der Waals surface area contributed by atoms with Crippen LogP contribution >= 0.6 is 11.8 Å². The third kappa shape index (κ3) is 3.36. The highest BCUT2D eigenvalue weighted by Gasteiger charge is 2.30. The summed E-state index contributed by atoms with van der Waals surface area (Å²) in [5, 5.41) is 4.53. The van der Waals surface area contributed by atoms with Gasteiger partial charge in [-0.3, -0.25) is 0 Å². The van der Waals surface area contributed by atoms with Crippen LogP contribution < -0.4 is 5.73 Å². The van der Waals surface area contributed by atoms with E-state index in [0.29, 0.717) is 17.0 Å². The molecule has 4 nitrogen and oxygen atoms in total. The molecular formula is C14H19N3OS. The number of hydrogen-bond acceptors (Lipinski definition) is 5. The van der Waals surface area contributed by atoms with Crippen LogP contribution in [0.25, 0.3) is 0 Å². The van der Waals surface area contributed by atoms with Gasteiger partial charge < -0.3 is 10.3 Å². The average Bonchev–Trinajstić information content (AvgIpc) is 2.87. The van der Waals surface area contributed by atoms with Crippen LogP contribution in [0.5, 0.6) is 0 Å².